The highest BCUT2D eigenvalue weighted by atomic mass is 35.5. The van der Waals surface area contributed by atoms with E-state index in [1.165, 1.54) is 0 Å². The Morgan fingerprint density at radius 1 is 1.23 bits per heavy atom. The number of benzene rings is 1. The number of pyridine rings is 1. The molecule has 4 rings (SSSR count). The fourth-order valence-electron chi connectivity index (χ4n) is 2.89. The molecule has 0 aliphatic rings. The van der Waals surface area contributed by atoms with E-state index in [-0.39, 0.29) is 5.56 Å². The summed E-state index contributed by atoms with van der Waals surface area (Å²) < 4.78 is 7.01. The molecule has 3 heterocycles. The average Bonchev–Trinajstić information content (AvgIpc) is 3.25. The molecule has 0 bridgehead atoms. The standard InChI is InChI=1S/C19H17ClN4O2/c1-12-17-9-13(10-21-11-16-3-2-8-26-16)19(25)22-18(17)24(23-12)15-6-4-14(20)5-7-15/h2-9,21H,10-11H2,1H3,(H,22,25). The van der Waals surface area contributed by atoms with E-state index in [1.807, 2.05) is 37.3 Å². The molecule has 132 valence electrons. The van der Waals surface area contributed by atoms with Crippen molar-refractivity contribution in [3.63, 3.8) is 0 Å². The molecule has 0 spiro atoms. The molecule has 0 fully saturated rings. The van der Waals surface area contributed by atoms with Gasteiger partial charge in [0.15, 0.2) is 0 Å². The lowest BCUT2D eigenvalue weighted by atomic mass is 10.2. The van der Waals surface area contributed by atoms with Gasteiger partial charge in [0.05, 0.1) is 24.2 Å². The number of aromatic nitrogens is 3. The third-order valence-electron chi connectivity index (χ3n) is 4.21. The van der Waals surface area contributed by atoms with Gasteiger partial charge in [-0.15, -0.1) is 0 Å². The number of aromatic amines is 1. The first-order valence-electron chi connectivity index (χ1n) is 8.22. The molecular weight excluding hydrogens is 352 g/mol. The predicted octanol–water partition coefficient (Wildman–Crippen LogP) is 3.56. The lowest BCUT2D eigenvalue weighted by Gasteiger charge is -2.05. The molecule has 0 aliphatic carbocycles. The maximum atomic E-state index is 12.5. The quantitative estimate of drug-likeness (QED) is 0.564. The summed E-state index contributed by atoms with van der Waals surface area (Å²) in [5.74, 6) is 0.828. The SMILES string of the molecule is Cc1nn(-c2ccc(Cl)cc2)c2[nH]c(=O)c(CNCc3ccco3)cc12. The normalized spacial score (nSPS) is 11.3. The van der Waals surface area contributed by atoms with E-state index >= 15 is 0 Å². The van der Waals surface area contributed by atoms with Crippen LogP contribution in [0.4, 0.5) is 0 Å². The Kier molecular flexibility index (Phi) is 4.36. The number of rotatable bonds is 5. The Balaban J connectivity index is 1.65. The summed E-state index contributed by atoms with van der Waals surface area (Å²) in [5.41, 5.74) is 2.87. The minimum Gasteiger partial charge on any atom is -0.468 e. The first kappa shape index (κ1) is 16.6. The van der Waals surface area contributed by atoms with Crippen molar-refractivity contribution in [2.24, 2.45) is 0 Å². The van der Waals surface area contributed by atoms with Crippen molar-refractivity contribution in [1.29, 1.82) is 0 Å². The summed E-state index contributed by atoms with van der Waals surface area (Å²) in [6.07, 6.45) is 1.63. The molecule has 26 heavy (non-hydrogen) atoms. The number of furan rings is 1. The summed E-state index contributed by atoms with van der Waals surface area (Å²) in [7, 11) is 0. The van der Waals surface area contributed by atoms with Gasteiger partial charge in [0.2, 0.25) is 0 Å². The van der Waals surface area contributed by atoms with Crippen LogP contribution in [-0.2, 0) is 13.1 Å². The van der Waals surface area contributed by atoms with Crippen molar-refractivity contribution in [2.75, 3.05) is 0 Å². The van der Waals surface area contributed by atoms with Crippen LogP contribution in [-0.4, -0.2) is 14.8 Å². The van der Waals surface area contributed by atoms with Gasteiger partial charge in [-0.3, -0.25) is 4.79 Å². The van der Waals surface area contributed by atoms with Gasteiger partial charge in [-0.25, -0.2) is 4.68 Å². The lowest BCUT2D eigenvalue weighted by molar-refractivity contribution is 0.482. The van der Waals surface area contributed by atoms with Gasteiger partial charge in [0, 0.05) is 22.5 Å². The summed E-state index contributed by atoms with van der Waals surface area (Å²) in [4.78, 5) is 15.4. The number of nitrogens with zero attached hydrogens (tertiary/aromatic N) is 2. The number of nitrogens with one attached hydrogen (secondary N) is 2. The number of H-pyrrole nitrogens is 1. The van der Waals surface area contributed by atoms with E-state index in [9.17, 15) is 4.79 Å². The van der Waals surface area contributed by atoms with Gasteiger partial charge < -0.3 is 14.7 Å². The number of halogens is 1. The molecule has 2 N–H and O–H groups in total. The molecule has 4 aromatic rings. The highest BCUT2D eigenvalue weighted by Gasteiger charge is 2.13. The molecule has 0 radical (unpaired) electrons. The van der Waals surface area contributed by atoms with Crippen molar-refractivity contribution in [3.05, 3.63) is 81.1 Å². The zero-order valence-corrected chi connectivity index (χ0v) is 14.9. The number of aryl methyl sites for hydroxylation is 1. The zero-order valence-electron chi connectivity index (χ0n) is 14.1. The van der Waals surface area contributed by atoms with Gasteiger partial charge in [-0.05, 0) is 49.4 Å². The molecule has 0 amide bonds. The van der Waals surface area contributed by atoms with E-state index in [1.54, 1.807) is 23.1 Å². The fraction of sp³-hybridized carbons (Fsp3) is 0.158. The number of hydrogen-bond donors (Lipinski definition) is 2. The number of hydrogen-bond acceptors (Lipinski definition) is 4. The Labute approximate surface area is 154 Å². The van der Waals surface area contributed by atoms with Crippen molar-refractivity contribution < 1.29 is 4.42 Å². The Bertz CT molecular complexity index is 1100. The van der Waals surface area contributed by atoms with Gasteiger partial charge in [-0.1, -0.05) is 11.6 Å². The van der Waals surface area contributed by atoms with Crippen LogP contribution in [0.15, 0.2) is 57.9 Å². The topological polar surface area (TPSA) is 75.8 Å². The maximum absolute atomic E-state index is 12.5. The van der Waals surface area contributed by atoms with Crippen LogP contribution in [0.2, 0.25) is 5.02 Å². The molecule has 0 saturated carbocycles. The highest BCUT2D eigenvalue weighted by Crippen LogP contribution is 2.21. The molecule has 0 aliphatic heterocycles. The largest absolute Gasteiger partial charge is 0.468 e. The van der Waals surface area contributed by atoms with Crippen LogP contribution in [0.3, 0.4) is 0 Å². The molecule has 6 nitrogen and oxygen atoms in total. The minimum absolute atomic E-state index is 0.139. The summed E-state index contributed by atoms with van der Waals surface area (Å²) >= 11 is 5.95. The zero-order chi connectivity index (χ0) is 18.1. The van der Waals surface area contributed by atoms with E-state index in [4.69, 9.17) is 16.0 Å². The van der Waals surface area contributed by atoms with Crippen LogP contribution in [0, 0.1) is 6.92 Å². The lowest BCUT2D eigenvalue weighted by Crippen LogP contribution is -2.21. The molecule has 7 heteroatoms. The third-order valence-corrected chi connectivity index (χ3v) is 4.47. The van der Waals surface area contributed by atoms with E-state index in [0.29, 0.717) is 29.3 Å². The Hall–Kier alpha value is -2.83. The molecular formula is C19H17ClN4O2. The molecule has 0 unspecified atom stereocenters. The maximum Gasteiger partial charge on any atom is 0.254 e. The second-order valence-corrected chi connectivity index (χ2v) is 6.48. The molecule has 1 aromatic carbocycles. The van der Waals surface area contributed by atoms with Gasteiger partial charge >= 0.3 is 0 Å². The van der Waals surface area contributed by atoms with E-state index in [0.717, 1.165) is 22.5 Å². The van der Waals surface area contributed by atoms with Crippen molar-refractivity contribution in [1.82, 2.24) is 20.1 Å². The van der Waals surface area contributed by atoms with Gasteiger partial charge in [-0.2, -0.15) is 5.10 Å². The monoisotopic (exact) mass is 368 g/mol. The van der Waals surface area contributed by atoms with Gasteiger partial charge in [0.1, 0.15) is 11.4 Å². The van der Waals surface area contributed by atoms with E-state index in [2.05, 4.69) is 15.4 Å². The van der Waals surface area contributed by atoms with Crippen molar-refractivity contribution >= 4 is 22.6 Å². The predicted molar refractivity (Wildman–Crippen MR) is 101 cm³/mol. The molecule has 0 saturated heterocycles. The molecule has 0 atom stereocenters. The summed E-state index contributed by atoms with van der Waals surface area (Å²) in [6.45, 7) is 2.93. The van der Waals surface area contributed by atoms with E-state index < -0.39 is 0 Å². The minimum atomic E-state index is -0.139. The molecule has 3 aromatic heterocycles. The summed E-state index contributed by atoms with van der Waals surface area (Å²) in [6, 6.07) is 12.9. The van der Waals surface area contributed by atoms with Crippen LogP contribution < -0.4 is 10.9 Å². The first-order chi connectivity index (χ1) is 12.6. The fourth-order valence-corrected chi connectivity index (χ4v) is 3.02. The number of fused-ring (bicyclic) bond motifs is 1. The van der Waals surface area contributed by atoms with Gasteiger partial charge in [0.25, 0.3) is 5.56 Å². The third kappa shape index (κ3) is 3.16. The van der Waals surface area contributed by atoms with Crippen molar-refractivity contribution in [2.45, 2.75) is 20.0 Å². The van der Waals surface area contributed by atoms with Crippen LogP contribution in [0.1, 0.15) is 17.0 Å². The van der Waals surface area contributed by atoms with Crippen LogP contribution in [0.5, 0.6) is 0 Å². The van der Waals surface area contributed by atoms with Crippen LogP contribution >= 0.6 is 11.6 Å². The van der Waals surface area contributed by atoms with Crippen molar-refractivity contribution in [3.8, 4) is 5.69 Å². The highest BCUT2D eigenvalue weighted by molar-refractivity contribution is 6.30. The Morgan fingerprint density at radius 2 is 2.04 bits per heavy atom. The van der Waals surface area contributed by atoms with Crippen LogP contribution in [0.25, 0.3) is 16.7 Å². The second-order valence-electron chi connectivity index (χ2n) is 6.04. The average molecular weight is 369 g/mol. The first-order valence-corrected chi connectivity index (χ1v) is 8.60. The second kappa shape index (κ2) is 6.82. The summed E-state index contributed by atoms with van der Waals surface area (Å²) in [5, 5.41) is 9.34. The smallest absolute Gasteiger partial charge is 0.254 e. The Morgan fingerprint density at radius 3 is 2.77 bits per heavy atom.